The molecule has 0 heterocycles. The Bertz CT molecular complexity index is 454. The summed E-state index contributed by atoms with van der Waals surface area (Å²) in [4.78, 5) is 12.3. The molecule has 0 aromatic heterocycles. The molecule has 2 rings (SSSR count). The summed E-state index contributed by atoms with van der Waals surface area (Å²) in [7, 11) is 1.67. The summed E-state index contributed by atoms with van der Waals surface area (Å²) < 4.78 is 5.31. The van der Waals surface area contributed by atoms with E-state index in [1.807, 2.05) is 24.3 Å². The molecule has 1 amide bonds. The molecular formula is C16H24N2O2. The number of carbonyl (C=O) groups excluding carboxylic acids is 1. The first-order valence-corrected chi connectivity index (χ1v) is 7.32. The van der Waals surface area contributed by atoms with Crippen LogP contribution in [0.3, 0.4) is 0 Å². The number of rotatable bonds is 6. The predicted molar refractivity (Wildman–Crippen MR) is 79.7 cm³/mol. The Morgan fingerprint density at radius 2 is 2.05 bits per heavy atom. The SMILES string of the molecule is COc1ccccc1CCNC(=O)C1(CN)CCCC1. The average molecular weight is 276 g/mol. The van der Waals surface area contributed by atoms with Gasteiger partial charge >= 0.3 is 0 Å². The Morgan fingerprint density at radius 1 is 1.35 bits per heavy atom. The van der Waals surface area contributed by atoms with E-state index in [1.54, 1.807) is 7.11 Å². The van der Waals surface area contributed by atoms with Gasteiger partial charge in [-0.05, 0) is 30.9 Å². The molecule has 1 aliphatic carbocycles. The van der Waals surface area contributed by atoms with E-state index in [1.165, 1.54) is 0 Å². The molecule has 1 saturated carbocycles. The van der Waals surface area contributed by atoms with Gasteiger partial charge in [0.05, 0.1) is 12.5 Å². The number of nitrogens with one attached hydrogen (secondary N) is 1. The number of carbonyl (C=O) groups is 1. The Morgan fingerprint density at radius 3 is 2.70 bits per heavy atom. The predicted octanol–water partition coefficient (Wildman–Crippen LogP) is 1.87. The number of amides is 1. The topological polar surface area (TPSA) is 64.3 Å². The molecule has 1 aliphatic rings. The lowest BCUT2D eigenvalue weighted by Gasteiger charge is -2.25. The molecule has 4 heteroatoms. The van der Waals surface area contributed by atoms with Gasteiger partial charge in [-0.1, -0.05) is 31.0 Å². The zero-order chi connectivity index (χ0) is 14.4. The summed E-state index contributed by atoms with van der Waals surface area (Å²) in [5.41, 5.74) is 6.61. The highest BCUT2D eigenvalue weighted by Crippen LogP contribution is 2.37. The summed E-state index contributed by atoms with van der Waals surface area (Å²) in [6, 6.07) is 7.90. The van der Waals surface area contributed by atoms with E-state index >= 15 is 0 Å². The smallest absolute Gasteiger partial charge is 0.227 e. The van der Waals surface area contributed by atoms with Crippen molar-refractivity contribution in [2.75, 3.05) is 20.2 Å². The normalized spacial score (nSPS) is 16.9. The van der Waals surface area contributed by atoms with Crippen LogP contribution in [0.25, 0.3) is 0 Å². The molecule has 0 aliphatic heterocycles. The fourth-order valence-electron chi connectivity index (χ4n) is 2.98. The molecule has 0 bridgehead atoms. The molecule has 1 aromatic rings. The number of hydrogen-bond acceptors (Lipinski definition) is 3. The lowest BCUT2D eigenvalue weighted by molar-refractivity contribution is -0.130. The van der Waals surface area contributed by atoms with Gasteiger partial charge < -0.3 is 15.8 Å². The molecular weight excluding hydrogens is 252 g/mol. The fraction of sp³-hybridized carbons (Fsp3) is 0.562. The highest BCUT2D eigenvalue weighted by molar-refractivity contribution is 5.83. The average Bonchev–Trinajstić information content (AvgIpc) is 2.98. The van der Waals surface area contributed by atoms with Crippen molar-refractivity contribution in [3.63, 3.8) is 0 Å². The van der Waals surface area contributed by atoms with Crippen LogP contribution in [-0.2, 0) is 11.2 Å². The Balaban J connectivity index is 1.88. The zero-order valence-corrected chi connectivity index (χ0v) is 12.2. The summed E-state index contributed by atoms with van der Waals surface area (Å²) in [5, 5.41) is 3.04. The molecule has 110 valence electrons. The third-order valence-electron chi connectivity index (χ3n) is 4.31. The molecule has 0 unspecified atom stereocenters. The number of hydrogen-bond donors (Lipinski definition) is 2. The van der Waals surface area contributed by atoms with Gasteiger partial charge in [-0.2, -0.15) is 0 Å². The fourth-order valence-corrected chi connectivity index (χ4v) is 2.98. The van der Waals surface area contributed by atoms with Crippen LogP contribution in [0.5, 0.6) is 5.75 Å². The Labute approximate surface area is 120 Å². The van der Waals surface area contributed by atoms with Crippen LogP contribution in [0.4, 0.5) is 0 Å². The minimum absolute atomic E-state index is 0.118. The highest BCUT2D eigenvalue weighted by Gasteiger charge is 2.39. The molecule has 3 N–H and O–H groups in total. The molecule has 20 heavy (non-hydrogen) atoms. The second-order valence-electron chi connectivity index (χ2n) is 5.51. The van der Waals surface area contributed by atoms with Gasteiger partial charge in [-0.25, -0.2) is 0 Å². The number of para-hydroxylation sites is 1. The maximum atomic E-state index is 12.3. The van der Waals surface area contributed by atoms with Crippen LogP contribution in [0.2, 0.25) is 0 Å². The molecule has 0 atom stereocenters. The van der Waals surface area contributed by atoms with Crippen LogP contribution in [0.15, 0.2) is 24.3 Å². The van der Waals surface area contributed by atoms with Gasteiger partial charge in [0.2, 0.25) is 5.91 Å². The first-order valence-electron chi connectivity index (χ1n) is 7.32. The first-order chi connectivity index (χ1) is 9.72. The molecule has 4 nitrogen and oxygen atoms in total. The van der Waals surface area contributed by atoms with Crippen LogP contribution in [0.1, 0.15) is 31.2 Å². The molecule has 1 fully saturated rings. The van der Waals surface area contributed by atoms with Crippen molar-refractivity contribution in [2.24, 2.45) is 11.1 Å². The third-order valence-corrected chi connectivity index (χ3v) is 4.31. The van der Waals surface area contributed by atoms with Crippen molar-refractivity contribution in [3.05, 3.63) is 29.8 Å². The lowest BCUT2D eigenvalue weighted by atomic mass is 9.85. The van der Waals surface area contributed by atoms with E-state index in [-0.39, 0.29) is 11.3 Å². The van der Waals surface area contributed by atoms with Crippen molar-refractivity contribution in [1.82, 2.24) is 5.32 Å². The van der Waals surface area contributed by atoms with Crippen LogP contribution < -0.4 is 15.8 Å². The number of ether oxygens (including phenoxy) is 1. The van der Waals surface area contributed by atoms with Crippen LogP contribution >= 0.6 is 0 Å². The summed E-state index contributed by atoms with van der Waals surface area (Å²) in [5.74, 6) is 0.989. The highest BCUT2D eigenvalue weighted by atomic mass is 16.5. The van der Waals surface area contributed by atoms with E-state index in [2.05, 4.69) is 5.32 Å². The van der Waals surface area contributed by atoms with Crippen molar-refractivity contribution in [2.45, 2.75) is 32.1 Å². The zero-order valence-electron chi connectivity index (χ0n) is 12.2. The number of nitrogens with two attached hydrogens (primary N) is 1. The second-order valence-corrected chi connectivity index (χ2v) is 5.51. The summed E-state index contributed by atoms with van der Waals surface area (Å²) in [6.45, 7) is 1.08. The van der Waals surface area contributed by atoms with E-state index < -0.39 is 0 Å². The van der Waals surface area contributed by atoms with Crippen LogP contribution in [-0.4, -0.2) is 26.1 Å². The Kier molecular flexibility index (Phi) is 5.01. The quantitative estimate of drug-likeness (QED) is 0.833. The lowest BCUT2D eigenvalue weighted by Crippen LogP contribution is -2.44. The van der Waals surface area contributed by atoms with Gasteiger partial charge in [-0.15, -0.1) is 0 Å². The van der Waals surface area contributed by atoms with Gasteiger partial charge in [0.25, 0.3) is 0 Å². The monoisotopic (exact) mass is 276 g/mol. The first kappa shape index (κ1) is 14.9. The largest absolute Gasteiger partial charge is 0.496 e. The Hall–Kier alpha value is -1.55. The van der Waals surface area contributed by atoms with E-state index in [0.29, 0.717) is 13.1 Å². The summed E-state index contributed by atoms with van der Waals surface area (Å²) >= 11 is 0. The standard InChI is InChI=1S/C16H24N2O2/c1-20-14-7-3-2-6-13(14)8-11-18-15(19)16(12-17)9-4-5-10-16/h2-3,6-7H,4-5,8-12,17H2,1H3,(H,18,19). The van der Waals surface area contributed by atoms with Crippen molar-refractivity contribution in [3.8, 4) is 5.75 Å². The maximum absolute atomic E-state index is 12.3. The molecule has 0 radical (unpaired) electrons. The summed E-state index contributed by atoms with van der Waals surface area (Å²) in [6.07, 6.45) is 4.83. The van der Waals surface area contributed by atoms with Crippen LogP contribution in [0, 0.1) is 5.41 Å². The number of benzene rings is 1. The third kappa shape index (κ3) is 3.12. The molecule has 1 aromatic carbocycles. The molecule has 0 spiro atoms. The van der Waals surface area contributed by atoms with Gasteiger partial charge in [-0.3, -0.25) is 4.79 Å². The van der Waals surface area contributed by atoms with E-state index in [4.69, 9.17) is 10.5 Å². The van der Waals surface area contributed by atoms with E-state index in [9.17, 15) is 4.79 Å². The minimum atomic E-state index is -0.319. The maximum Gasteiger partial charge on any atom is 0.227 e. The van der Waals surface area contributed by atoms with Crippen molar-refractivity contribution < 1.29 is 9.53 Å². The van der Waals surface area contributed by atoms with Gasteiger partial charge in [0.15, 0.2) is 0 Å². The van der Waals surface area contributed by atoms with Gasteiger partial charge in [0, 0.05) is 13.1 Å². The van der Waals surface area contributed by atoms with E-state index in [0.717, 1.165) is 43.4 Å². The van der Waals surface area contributed by atoms with Crippen molar-refractivity contribution in [1.29, 1.82) is 0 Å². The second kappa shape index (κ2) is 6.75. The minimum Gasteiger partial charge on any atom is -0.496 e. The number of methoxy groups -OCH3 is 1. The van der Waals surface area contributed by atoms with Gasteiger partial charge in [0.1, 0.15) is 5.75 Å². The van der Waals surface area contributed by atoms with Crippen molar-refractivity contribution >= 4 is 5.91 Å². The molecule has 0 saturated heterocycles.